The molecule has 0 spiro atoms. The quantitative estimate of drug-likeness (QED) is 0.437. The number of hydrogen-bond donors (Lipinski definition) is 0. The Kier molecular flexibility index (Phi) is 7.26. The van der Waals surface area contributed by atoms with E-state index < -0.39 is 0 Å². The molecule has 4 aliphatic rings. The van der Waals surface area contributed by atoms with Gasteiger partial charge in [-0.05, 0) is 79.4 Å². The molecule has 0 aliphatic heterocycles. The van der Waals surface area contributed by atoms with E-state index in [2.05, 4.69) is 13.8 Å². The fraction of sp³-hybridized carbons (Fsp3) is 1.00. The van der Waals surface area contributed by atoms with Gasteiger partial charge in [0.1, 0.15) is 0 Å². The lowest BCUT2D eigenvalue weighted by Gasteiger charge is -2.39. The monoisotopic (exact) mass is 372 g/mol. The number of hydrogen-bond acceptors (Lipinski definition) is 0. The molecule has 0 heteroatoms. The molecular formula is C27H48. The summed E-state index contributed by atoms with van der Waals surface area (Å²) in [6.07, 6.45) is 26.4. The Morgan fingerprint density at radius 3 is 2.04 bits per heavy atom. The van der Waals surface area contributed by atoms with Gasteiger partial charge >= 0.3 is 0 Å². The summed E-state index contributed by atoms with van der Waals surface area (Å²) in [4.78, 5) is 0. The van der Waals surface area contributed by atoms with Crippen LogP contribution in [0.15, 0.2) is 0 Å². The Hall–Kier alpha value is 0. The van der Waals surface area contributed by atoms with Gasteiger partial charge in [-0.25, -0.2) is 0 Å². The summed E-state index contributed by atoms with van der Waals surface area (Å²) in [6, 6.07) is 0. The molecule has 0 N–H and O–H groups in total. The van der Waals surface area contributed by atoms with Gasteiger partial charge in [0.2, 0.25) is 0 Å². The van der Waals surface area contributed by atoms with Crippen LogP contribution in [0.2, 0.25) is 0 Å². The summed E-state index contributed by atoms with van der Waals surface area (Å²) in [6.45, 7) is 5.04. The van der Waals surface area contributed by atoms with Gasteiger partial charge in [-0.15, -0.1) is 0 Å². The van der Waals surface area contributed by atoms with Crippen molar-refractivity contribution in [2.45, 2.75) is 123 Å². The molecule has 6 atom stereocenters. The van der Waals surface area contributed by atoms with E-state index in [9.17, 15) is 0 Å². The smallest absolute Gasteiger partial charge is 0.0326 e. The third kappa shape index (κ3) is 4.78. The fourth-order valence-electron chi connectivity index (χ4n) is 8.60. The third-order valence-corrected chi connectivity index (χ3v) is 9.83. The van der Waals surface area contributed by atoms with Crippen molar-refractivity contribution in [3.05, 3.63) is 0 Å². The Bertz CT molecular complexity index is 427. The van der Waals surface area contributed by atoms with Gasteiger partial charge in [0.15, 0.2) is 0 Å². The summed E-state index contributed by atoms with van der Waals surface area (Å²) in [5.41, 5.74) is 0. The molecule has 0 saturated heterocycles. The Morgan fingerprint density at radius 1 is 0.630 bits per heavy atom. The Morgan fingerprint density at radius 2 is 1.33 bits per heavy atom. The Labute approximate surface area is 170 Å². The van der Waals surface area contributed by atoms with Gasteiger partial charge in [-0.2, -0.15) is 0 Å². The topological polar surface area (TPSA) is 0 Å². The molecule has 0 aromatic carbocycles. The van der Waals surface area contributed by atoms with Gasteiger partial charge in [0, 0.05) is 0 Å². The third-order valence-electron chi connectivity index (χ3n) is 9.83. The normalized spacial score (nSPS) is 42.0. The molecule has 0 aromatic rings. The average molecular weight is 373 g/mol. The first-order chi connectivity index (χ1) is 13.3. The van der Waals surface area contributed by atoms with Crippen molar-refractivity contribution in [2.24, 2.45) is 47.3 Å². The molecule has 0 bridgehead atoms. The maximum atomic E-state index is 2.55. The summed E-state index contributed by atoms with van der Waals surface area (Å²) >= 11 is 0. The van der Waals surface area contributed by atoms with Crippen LogP contribution in [0.5, 0.6) is 0 Å². The minimum absolute atomic E-state index is 1.01. The van der Waals surface area contributed by atoms with E-state index in [0.29, 0.717) is 0 Å². The van der Waals surface area contributed by atoms with Crippen molar-refractivity contribution >= 4 is 0 Å². The van der Waals surface area contributed by atoms with Crippen molar-refractivity contribution < 1.29 is 0 Å². The zero-order valence-corrected chi connectivity index (χ0v) is 18.6. The lowest BCUT2D eigenvalue weighted by Crippen LogP contribution is -2.32. The SMILES string of the molecule is CCC1CC(C)CC1C1CCC(CCC2CCCCC2)C1C1CCCCC1. The summed E-state index contributed by atoms with van der Waals surface area (Å²) < 4.78 is 0. The summed E-state index contributed by atoms with van der Waals surface area (Å²) in [5.74, 6) is 8.71. The molecule has 4 rings (SSSR count). The molecule has 4 saturated carbocycles. The molecule has 0 amide bonds. The van der Waals surface area contributed by atoms with Crippen molar-refractivity contribution in [3.8, 4) is 0 Å². The summed E-state index contributed by atoms with van der Waals surface area (Å²) in [7, 11) is 0. The van der Waals surface area contributed by atoms with Crippen LogP contribution in [0, 0.1) is 47.3 Å². The minimum atomic E-state index is 1.01. The molecule has 0 radical (unpaired) electrons. The van der Waals surface area contributed by atoms with Crippen LogP contribution in [-0.2, 0) is 0 Å². The van der Waals surface area contributed by atoms with Crippen LogP contribution < -0.4 is 0 Å². The number of rotatable bonds is 6. The zero-order chi connectivity index (χ0) is 18.6. The first-order valence-corrected chi connectivity index (χ1v) is 13.3. The van der Waals surface area contributed by atoms with E-state index in [0.717, 1.165) is 47.3 Å². The first kappa shape index (κ1) is 20.3. The highest BCUT2D eigenvalue weighted by molar-refractivity contribution is 4.97. The molecule has 0 heterocycles. The maximum Gasteiger partial charge on any atom is -0.0326 e. The van der Waals surface area contributed by atoms with Crippen molar-refractivity contribution in [3.63, 3.8) is 0 Å². The highest BCUT2D eigenvalue weighted by atomic mass is 14.5. The van der Waals surface area contributed by atoms with Gasteiger partial charge in [0.05, 0.1) is 0 Å². The van der Waals surface area contributed by atoms with Gasteiger partial charge in [0.25, 0.3) is 0 Å². The maximum absolute atomic E-state index is 2.55. The second-order valence-corrected chi connectivity index (χ2v) is 11.5. The van der Waals surface area contributed by atoms with E-state index in [-0.39, 0.29) is 0 Å². The van der Waals surface area contributed by atoms with Gasteiger partial charge < -0.3 is 0 Å². The Balaban J connectivity index is 1.43. The molecule has 6 unspecified atom stereocenters. The van der Waals surface area contributed by atoms with E-state index >= 15 is 0 Å². The standard InChI is InChI=1S/C27H48/c1-3-22-18-20(2)19-26(22)25-17-16-24(15-14-21-10-6-4-7-11-21)27(25)23-12-8-5-9-13-23/h20-27H,3-19H2,1-2H3. The minimum Gasteiger partial charge on any atom is -0.0651 e. The lowest BCUT2D eigenvalue weighted by atomic mass is 9.66. The van der Waals surface area contributed by atoms with Crippen molar-refractivity contribution in [1.82, 2.24) is 0 Å². The second kappa shape index (κ2) is 9.67. The summed E-state index contributed by atoms with van der Waals surface area (Å²) in [5, 5.41) is 0. The molecule has 0 aromatic heterocycles. The highest BCUT2D eigenvalue weighted by Gasteiger charge is 2.47. The van der Waals surface area contributed by atoms with Gasteiger partial charge in [-0.3, -0.25) is 0 Å². The van der Waals surface area contributed by atoms with Gasteiger partial charge in [-0.1, -0.05) is 90.9 Å². The van der Waals surface area contributed by atoms with Crippen LogP contribution in [0.3, 0.4) is 0 Å². The predicted octanol–water partition coefficient (Wildman–Crippen LogP) is 8.64. The average Bonchev–Trinajstić information content (AvgIpc) is 3.30. The van der Waals surface area contributed by atoms with E-state index in [1.807, 2.05) is 0 Å². The predicted molar refractivity (Wildman–Crippen MR) is 118 cm³/mol. The van der Waals surface area contributed by atoms with Crippen LogP contribution in [-0.4, -0.2) is 0 Å². The van der Waals surface area contributed by atoms with Crippen LogP contribution in [0.4, 0.5) is 0 Å². The zero-order valence-electron chi connectivity index (χ0n) is 18.6. The lowest BCUT2D eigenvalue weighted by molar-refractivity contribution is 0.0976. The fourth-order valence-corrected chi connectivity index (χ4v) is 8.60. The van der Waals surface area contributed by atoms with E-state index in [1.54, 1.807) is 77.0 Å². The van der Waals surface area contributed by atoms with Crippen molar-refractivity contribution in [1.29, 1.82) is 0 Å². The first-order valence-electron chi connectivity index (χ1n) is 13.3. The van der Waals surface area contributed by atoms with Crippen LogP contribution in [0.25, 0.3) is 0 Å². The van der Waals surface area contributed by atoms with Crippen LogP contribution >= 0.6 is 0 Å². The van der Waals surface area contributed by atoms with E-state index in [1.165, 1.54) is 32.1 Å². The van der Waals surface area contributed by atoms with E-state index in [4.69, 9.17) is 0 Å². The molecule has 0 nitrogen and oxygen atoms in total. The molecule has 156 valence electrons. The van der Waals surface area contributed by atoms with Crippen LogP contribution in [0.1, 0.15) is 123 Å². The molecule has 4 fully saturated rings. The van der Waals surface area contributed by atoms with Crippen molar-refractivity contribution in [2.75, 3.05) is 0 Å². The second-order valence-electron chi connectivity index (χ2n) is 11.5. The highest BCUT2D eigenvalue weighted by Crippen LogP contribution is 2.56. The molecule has 4 aliphatic carbocycles. The molecular weight excluding hydrogens is 324 g/mol. The largest absolute Gasteiger partial charge is 0.0651 e. The molecule has 27 heavy (non-hydrogen) atoms.